The number of phenols is 1. The molecular weight excluding hydrogens is 1210 g/mol. The van der Waals surface area contributed by atoms with E-state index in [-0.39, 0.29) is 49.5 Å². The molecule has 35 heteroatoms. The van der Waals surface area contributed by atoms with E-state index in [2.05, 4.69) is 68.5 Å². The van der Waals surface area contributed by atoms with Crippen molar-refractivity contribution >= 4 is 88.7 Å². The van der Waals surface area contributed by atoms with Crippen LogP contribution in [0, 0.1) is 5.92 Å². The summed E-state index contributed by atoms with van der Waals surface area (Å²) in [7, 11) is 0. The smallest absolute Gasteiger partial charge is 0.325 e. The van der Waals surface area contributed by atoms with Gasteiger partial charge in [-0.25, -0.2) is 4.98 Å². The van der Waals surface area contributed by atoms with E-state index in [0.717, 1.165) is 20.8 Å². The number of nitrogens with one attached hydrogen (secondary N) is 12. The molecule has 0 saturated carbocycles. The Kier molecular flexibility index (Phi) is 34.0. The van der Waals surface area contributed by atoms with Crippen LogP contribution in [0.15, 0.2) is 36.8 Å². The third-order valence-corrected chi connectivity index (χ3v) is 14.1. The van der Waals surface area contributed by atoms with Crippen LogP contribution < -0.4 is 70.0 Å². The third kappa shape index (κ3) is 27.5. The standard InChI is InChI=1S/C55H87N15O19S/c1-26(2)18-36(65-50(83)37(19-31-11-13-33(74)14-12-31)64-46(79)34(57)10-8-9-16-56)48(81)60-27(3)44(77)68-40(23-71)52(85)61-28(4)45(78)69-41(24-72)53(86)70-43(30(6)73)54(87)63-35(15-17-90-7)47(80)67-39(21-42(75)76)51(84)66-38(20-32-22-58-25-59-32)49(82)62-29(5)55(88)89/h11-14,22,25-30,34-41,43,71-74H,8-10,15-21,23-24,56-57H2,1-7H3,(H,58,59)(H,60,81)(H,61,85)(H,62,82)(H,63,87)(H,64,79)(H,65,83)(H,66,84)(H,67,80)(H,68,77)(H,69,78)(H,70,86)(H,75,76)(H,88,89)/t27-,28-,29-,30+,34-,35-,36-,37-,38-,39-,40-,41-,43-/m0/s1. The van der Waals surface area contributed by atoms with Gasteiger partial charge in [-0.1, -0.05) is 32.4 Å². The molecule has 0 aliphatic rings. The summed E-state index contributed by atoms with van der Waals surface area (Å²) in [4.78, 5) is 179. The van der Waals surface area contributed by atoms with E-state index in [1.807, 2.05) is 0 Å². The first-order valence-electron chi connectivity index (χ1n) is 28.7. The predicted octanol–water partition coefficient (Wildman–Crippen LogP) is -6.53. The van der Waals surface area contributed by atoms with Crippen molar-refractivity contribution in [3.63, 3.8) is 0 Å². The number of aromatic amines is 1. The van der Waals surface area contributed by atoms with Crippen LogP contribution in [0.5, 0.6) is 5.75 Å². The summed E-state index contributed by atoms with van der Waals surface area (Å²) in [6, 6.07) is -12.7. The number of carbonyl (C=O) groups is 13. The number of hydrogen-bond donors (Lipinski definition) is 20. The van der Waals surface area contributed by atoms with Gasteiger partial charge >= 0.3 is 11.9 Å². The maximum Gasteiger partial charge on any atom is 0.325 e. The van der Waals surface area contributed by atoms with E-state index in [0.29, 0.717) is 30.6 Å². The molecule has 502 valence electrons. The van der Waals surface area contributed by atoms with Gasteiger partial charge in [-0.3, -0.25) is 62.3 Å². The number of carboxylic acids is 2. The van der Waals surface area contributed by atoms with Crippen molar-refractivity contribution in [1.29, 1.82) is 0 Å². The molecule has 1 aromatic carbocycles. The number of benzene rings is 1. The van der Waals surface area contributed by atoms with Crippen molar-refractivity contribution in [2.45, 2.75) is 172 Å². The molecule has 0 radical (unpaired) electrons. The van der Waals surface area contributed by atoms with Crippen LogP contribution in [0.4, 0.5) is 0 Å². The molecule has 1 heterocycles. The number of carboxylic acid groups (broad SMARTS) is 2. The normalized spacial score (nSPS) is 15.5. The van der Waals surface area contributed by atoms with E-state index in [1.165, 1.54) is 55.5 Å². The van der Waals surface area contributed by atoms with Crippen molar-refractivity contribution in [2.75, 3.05) is 31.8 Å². The zero-order valence-electron chi connectivity index (χ0n) is 51.0. The number of nitrogens with two attached hydrogens (primary N) is 2. The second-order valence-electron chi connectivity index (χ2n) is 21.6. The van der Waals surface area contributed by atoms with E-state index >= 15 is 0 Å². The SMILES string of the molecule is CSCC[C@H](NC(=O)[C@@H](NC(=O)[C@H](CO)NC(=O)[C@H](C)NC(=O)[C@H](CO)NC(=O)[C@H](C)NC(=O)[C@H](CC(C)C)NC(=O)[C@H](Cc1ccc(O)cc1)NC(=O)[C@@H](N)CCCCN)[C@@H](C)O)C(=O)N[C@@H](CC(=O)O)C(=O)N[C@@H](Cc1cnc[nH]1)C(=O)N[C@@H](C)C(=O)O. The van der Waals surface area contributed by atoms with Crippen LogP contribution in [-0.2, 0) is 75.2 Å². The fraction of sp³-hybridized carbons (Fsp3) is 0.600. The highest BCUT2D eigenvalue weighted by molar-refractivity contribution is 7.98. The number of aliphatic hydroxyl groups excluding tert-OH is 3. The summed E-state index contributed by atoms with van der Waals surface area (Å²) in [6.45, 7) is 6.30. The molecule has 13 atom stereocenters. The van der Waals surface area contributed by atoms with Crippen molar-refractivity contribution < 1.29 is 93.0 Å². The Balaban J connectivity index is 2.17. The van der Waals surface area contributed by atoms with Crippen molar-refractivity contribution in [3.8, 4) is 5.75 Å². The van der Waals surface area contributed by atoms with Crippen molar-refractivity contribution in [3.05, 3.63) is 48.0 Å². The number of hydrogen-bond acceptors (Lipinski definition) is 21. The lowest BCUT2D eigenvalue weighted by atomic mass is 10.00. The second-order valence-corrected chi connectivity index (χ2v) is 22.6. The van der Waals surface area contributed by atoms with Gasteiger partial charge in [0.15, 0.2) is 0 Å². The first kappa shape index (κ1) is 77.6. The maximum absolute atomic E-state index is 13.9. The minimum Gasteiger partial charge on any atom is -0.508 e. The summed E-state index contributed by atoms with van der Waals surface area (Å²) in [6.07, 6.45) is 2.36. The molecule has 0 bridgehead atoms. The van der Waals surface area contributed by atoms with Gasteiger partial charge in [0.25, 0.3) is 0 Å². The van der Waals surface area contributed by atoms with Crippen LogP contribution in [0.2, 0.25) is 0 Å². The van der Waals surface area contributed by atoms with Gasteiger partial charge < -0.3 is 106 Å². The minimum atomic E-state index is -1.92. The highest BCUT2D eigenvalue weighted by atomic mass is 32.2. The molecule has 0 aliphatic carbocycles. The Hall–Kier alpha value is -8.51. The van der Waals surface area contributed by atoms with Gasteiger partial charge in [-0.15, -0.1) is 0 Å². The van der Waals surface area contributed by atoms with E-state index in [1.54, 1.807) is 20.1 Å². The molecular formula is C55H87N15O19S. The molecule has 11 amide bonds. The van der Waals surface area contributed by atoms with E-state index in [9.17, 15) is 93.0 Å². The number of aliphatic carboxylic acids is 2. The Morgan fingerprint density at radius 2 is 1.00 bits per heavy atom. The molecule has 90 heavy (non-hydrogen) atoms. The van der Waals surface area contributed by atoms with Crippen LogP contribution in [-0.4, -0.2) is 228 Å². The molecule has 0 aliphatic heterocycles. The molecule has 2 rings (SSSR count). The lowest BCUT2D eigenvalue weighted by Crippen LogP contribution is -2.62. The Morgan fingerprint density at radius 3 is 1.50 bits per heavy atom. The molecule has 0 saturated heterocycles. The van der Waals surface area contributed by atoms with Gasteiger partial charge in [-0.05, 0) is 95.5 Å². The summed E-state index contributed by atoms with van der Waals surface area (Å²) in [5, 5.41) is 85.3. The van der Waals surface area contributed by atoms with Crippen LogP contribution in [0.1, 0.15) is 91.3 Å². The number of aromatic nitrogens is 2. The molecule has 2 aromatic rings. The quantitative estimate of drug-likeness (QED) is 0.0275. The number of amides is 11. The van der Waals surface area contributed by atoms with E-state index in [4.69, 9.17) is 11.5 Å². The van der Waals surface area contributed by atoms with E-state index < -0.39 is 175 Å². The molecule has 34 nitrogen and oxygen atoms in total. The van der Waals surface area contributed by atoms with Gasteiger partial charge in [0.05, 0.1) is 38.1 Å². The Bertz CT molecular complexity index is 2740. The van der Waals surface area contributed by atoms with Crippen molar-refractivity contribution in [2.24, 2.45) is 17.4 Å². The molecule has 1 aromatic heterocycles. The second kappa shape index (κ2) is 39.5. The monoisotopic (exact) mass is 1290 g/mol. The van der Waals surface area contributed by atoms with Crippen LogP contribution >= 0.6 is 11.8 Å². The molecule has 0 unspecified atom stereocenters. The number of aliphatic hydroxyl groups is 3. The number of carbonyl (C=O) groups excluding carboxylic acids is 11. The number of thioether (sulfide) groups is 1. The van der Waals surface area contributed by atoms with Crippen molar-refractivity contribution in [1.82, 2.24) is 68.5 Å². The highest BCUT2D eigenvalue weighted by Gasteiger charge is 2.37. The lowest BCUT2D eigenvalue weighted by molar-refractivity contribution is -0.143. The van der Waals surface area contributed by atoms with Crippen LogP contribution in [0.3, 0.4) is 0 Å². The molecule has 0 fully saturated rings. The third-order valence-electron chi connectivity index (χ3n) is 13.4. The van der Waals surface area contributed by atoms with Gasteiger partial charge in [0.1, 0.15) is 72.2 Å². The summed E-state index contributed by atoms with van der Waals surface area (Å²) in [5.74, 6) is -14.4. The fourth-order valence-corrected chi connectivity index (χ4v) is 8.74. The number of phenolic OH excluding ortho intramolecular Hbond substituents is 1. The average molecular weight is 1290 g/mol. The topological polar surface area (TPSA) is 556 Å². The van der Waals surface area contributed by atoms with Gasteiger partial charge in [-0.2, -0.15) is 11.8 Å². The maximum atomic E-state index is 13.9. The number of H-pyrrole nitrogens is 1. The number of nitrogens with zero attached hydrogens (tertiary/aromatic N) is 1. The zero-order valence-corrected chi connectivity index (χ0v) is 51.8. The first-order valence-corrected chi connectivity index (χ1v) is 30.1. The summed E-state index contributed by atoms with van der Waals surface area (Å²) in [5.41, 5.74) is 12.5. The fourth-order valence-electron chi connectivity index (χ4n) is 8.27. The van der Waals surface area contributed by atoms with Gasteiger partial charge in [0, 0.05) is 24.7 Å². The summed E-state index contributed by atoms with van der Waals surface area (Å²) >= 11 is 1.20. The Labute approximate surface area is 522 Å². The Morgan fingerprint density at radius 1 is 0.544 bits per heavy atom. The number of aromatic hydroxyl groups is 1. The highest BCUT2D eigenvalue weighted by Crippen LogP contribution is 2.14. The number of imidazole rings is 1. The minimum absolute atomic E-state index is 0.0427. The zero-order chi connectivity index (χ0) is 67.9. The van der Waals surface area contributed by atoms with Gasteiger partial charge in [0.2, 0.25) is 65.0 Å². The van der Waals surface area contributed by atoms with Crippen LogP contribution in [0.25, 0.3) is 0 Å². The predicted molar refractivity (Wildman–Crippen MR) is 321 cm³/mol. The number of rotatable bonds is 41. The lowest BCUT2D eigenvalue weighted by Gasteiger charge is -2.28. The first-order chi connectivity index (χ1) is 42.3. The molecule has 22 N–H and O–H groups in total. The number of unbranched alkanes of at least 4 members (excludes halogenated alkanes) is 1. The average Bonchev–Trinajstić information content (AvgIpc) is 2.30. The largest absolute Gasteiger partial charge is 0.508 e. The molecule has 0 spiro atoms. The summed E-state index contributed by atoms with van der Waals surface area (Å²) < 4.78 is 0.